The van der Waals surface area contributed by atoms with E-state index in [1.165, 1.54) is 69.8 Å². The molecule has 0 saturated heterocycles. The molecule has 140 valence electrons. The third-order valence-corrected chi connectivity index (χ3v) is 7.42. The van der Waals surface area contributed by atoms with Gasteiger partial charge in [0.25, 0.3) is 0 Å². The summed E-state index contributed by atoms with van der Waals surface area (Å²) in [5.74, 6) is 4.22. The van der Waals surface area contributed by atoms with E-state index in [0.29, 0.717) is 0 Å². The van der Waals surface area contributed by atoms with Gasteiger partial charge in [0.15, 0.2) is 0 Å². The molecule has 1 aromatic rings. The minimum atomic E-state index is 0.999. The summed E-state index contributed by atoms with van der Waals surface area (Å²) in [6.45, 7) is 4.59. The van der Waals surface area contributed by atoms with Crippen LogP contribution in [-0.4, -0.2) is 0 Å². The van der Waals surface area contributed by atoms with Crippen molar-refractivity contribution < 1.29 is 0 Å². The second-order valence-corrected chi connectivity index (χ2v) is 9.06. The van der Waals surface area contributed by atoms with Crippen LogP contribution >= 0.6 is 0 Å². The fraction of sp³-hybridized carbons (Fsp3) is 0.760. The Hall–Kier alpha value is -0.780. The summed E-state index contributed by atoms with van der Waals surface area (Å²) >= 11 is 0. The molecule has 0 heteroatoms. The van der Waals surface area contributed by atoms with Crippen LogP contribution in [0.4, 0.5) is 0 Å². The van der Waals surface area contributed by atoms with Gasteiger partial charge in [0.1, 0.15) is 0 Å². The van der Waals surface area contributed by atoms with Crippen molar-refractivity contribution >= 4 is 0 Å². The van der Waals surface area contributed by atoms with Crippen LogP contribution in [0, 0.1) is 23.7 Å². The van der Waals surface area contributed by atoms with Gasteiger partial charge in [0, 0.05) is 0 Å². The molecule has 0 radical (unpaired) electrons. The van der Waals surface area contributed by atoms with Gasteiger partial charge in [-0.25, -0.2) is 0 Å². The highest BCUT2D eigenvalue weighted by molar-refractivity contribution is 5.22. The Balaban J connectivity index is 1.36. The molecule has 3 rings (SSSR count). The lowest BCUT2D eigenvalue weighted by Crippen LogP contribution is -2.26. The highest BCUT2D eigenvalue weighted by atomic mass is 14.4. The van der Waals surface area contributed by atoms with Crippen LogP contribution in [-0.2, 0) is 12.8 Å². The predicted molar refractivity (Wildman–Crippen MR) is 110 cm³/mol. The van der Waals surface area contributed by atoms with E-state index in [1.807, 2.05) is 0 Å². The van der Waals surface area contributed by atoms with Crippen LogP contribution in [0.25, 0.3) is 0 Å². The van der Waals surface area contributed by atoms with Gasteiger partial charge in [-0.05, 0) is 79.7 Å². The first-order valence-corrected chi connectivity index (χ1v) is 11.4. The van der Waals surface area contributed by atoms with E-state index in [2.05, 4.69) is 38.1 Å². The summed E-state index contributed by atoms with van der Waals surface area (Å²) in [7, 11) is 0. The van der Waals surface area contributed by atoms with Crippen molar-refractivity contribution in [2.45, 2.75) is 97.3 Å². The van der Waals surface area contributed by atoms with E-state index in [-0.39, 0.29) is 0 Å². The lowest BCUT2D eigenvalue weighted by molar-refractivity contribution is 0.141. The number of benzene rings is 1. The molecule has 0 spiro atoms. The van der Waals surface area contributed by atoms with Crippen molar-refractivity contribution in [1.29, 1.82) is 0 Å². The van der Waals surface area contributed by atoms with Gasteiger partial charge >= 0.3 is 0 Å². The molecule has 2 saturated carbocycles. The minimum absolute atomic E-state index is 0.999. The average molecular weight is 341 g/mol. The Kier molecular flexibility index (Phi) is 7.44. The molecular weight excluding hydrogens is 300 g/mol. The summed E-state index contributed by atoms with van der Waals surface area (Å²) < 4.78 is 0. The van der Waals surface area contributed by atoms with Gasteiger partial charge in [-0.3, -0.25) is 0 Å². The van der Waals surface area contributed by atoms with Crippen molar-refractivity contribution in [3.63, 3.8) is 0 Å². The Morgan fingerprint density at radius 2 is 1.12 bits per heavy atom. The van der Waals surface area contributed by atoms with Crippen LogP contribution in [0.2, 0.25) is 0 Å². The number of hydrogen-bond donors (Lipinski definition) is 0. The van der Waals surface area contributed by atoms with Crippen molar-refractivity contribution in [3.8, 4) is 0 Å². The van der Waals surface area contributed by atoms with Crippen molar-refractivity contribution in [3.05, 3.63) is 35.4 Å². The molecule has 2 aliphatic carbocycles. The second kappa shape index (κ2) is 9.79. The first-order valence-electron chi connectivity index (χ1n) is 11.4. The normalized spacial score (nSPS) is 30.3. The molecule has 0 unspecified atom stereocenters. The van der Waals surface area contributed by atoms with Crippen molar-refractivity contribution in [1.82, 2.24) is 0 Å². The van der Waals surface area contributed by atoms with Gasteiger partial charge < -0.3 is 0 Å². The maximum Gasteiger partial charge on any atom is -0.0276 e. The molecule has 1 aromatic carbocycles. The fourth-order valence-corrected chi connectivity index (χ4v) is 5.62. The van der Waals surface area contributed by atoms with Crippen molar-refractivity contribution in [2.75, 3.05) is 0 Å². The fourth-order valence-electron chi connectivity index (χ4n) is 5.62. The van der Waals surface area contributed by atoms with Crippen LogP contribution in [0.1, 0.15) is 95.6 Å². The Labute approximate surface area is 156 Å². The standard InChI is InChI=1S/C25H40/c1-3-5-21-12-16-24(17-13-21)25-18-14-23(15-19-25)11-10-22-8-6-20(4-2)7-9-22/h6-9,21,23-25H,3-5,10-19H2,1-2H3. The molecule has 0 aliphatic heterocycles. The lowest BCUT2D eigenvalue weighted by atomic mass is 9.68. The van der Waals surface area contributed by atoms with E-state index in [0.717, 1.165) is 30.1 Å². The smallest absolute Gasteiger partial charge is 0.0276 e. The van der Waals surface area contributed by atoms with Crippen LogP contribution in [0.3, 0.4) is 0 Å². The molecule has 2 aliphatic rings. The summed E-state index contributed by atoms with van der Waals surface area (Å²) in [5.41, 5.74) is 3.02. The van der Waals surface area contributed by atoms with Gasteiger partial charge in [-0.1, -0.05) is 76.6 Å². The number of rotatable bonds is 7. The summed E-state index contributed by atoms with van der Waals surface area (Å²) in [5, 5.41) is 0. The highest BCUT2D eigenvalue weighted by Crippen LogP contribution is 2.42. The SMILES string of the molecule is CCCC1CCC(C2CCC(CCc3ccc(CC)cc3)CC2)CC1. The Morgan fingerprint density at radius 1 is 0.640 bits per heavy atom. The lowest BCUT2D eigenvalue weighted by Gasteiger charge is -2.38. The molecule has 0 nitrogen and oxygen atoms in total. The molecule has 0 N–H and O–H groups in total. The zero-order valence-electron chi connectivity index (χ0n) is 16.8. The number of aryl methyl sites for hydroxylation is 2. The second-order valence-electron chi connectivity index (χ2n) is 9.06. The summed E-state index contributed by atoms with van der Waals surface area (Å²) in [6.07, 6.45) is 19.0. The van der Waals surface area contributed by atoms with E-state index in [1.54, 1.807) is 18.4 Å². The number of hydrogen-bond acceptors (Lipinski definition) is 0. The molecule has 0 bridgehead atoms. The molecule has 25 heavy (non-hydrogen) atoms. The van der Waals surface area contributed by atoms with Crippen LogP contribution in [0.5, 0.6) is 0 Å². The van der Waals surface area contributed by atoms with E-state index in [9.17, 15) is 0 Å². The molecule has 0 amide bonds. The molecule has 0 aromatic heterocycles. The van der Waals surface area contributed by atoms with E-state index < -0.39 is 0 Å². The van der Waals surface area contributed by atoms with E-state index in [4.69, 9.17) is 0 Å². The van der Waals surface area contributed by atoms with Crippen LogP contribution in [0.15, 0.2) is 24.3 Å². The average Bonchev–Trinajstić information content (AvgIpc) is 2.68. The highest BCUT2D eigenvalue weighted by Gasteiger charge is 2.30. The predicted octanol–water partition coefficient (Wildman–Crippen LogP) is 7.59. The molecule has 2 fully saturated rings. The monoisotopic (exact) mass is 340 g/mol. The third-order valence-electron chi connectivity index (χ3n) is 7.42. The first kappa shape index (κ1) is 19.0. The quantitative estimate of drug-likeness (QED) is 0.479. The molecule has 0 atom stereocenters. The van der Waals surface area contributed by atoms with E-state index >= 15 is 0 Å². The summed E-state index contributed by atoms with van der Waals surface area (Å²) in [6, 6.07) is 9.36. The molecular formula is C25H40. The van der Waals surface area contributed by atoms with Gasteiger partial charge in [-0.15, -0.1) is 0 Å². The zero-order valence-corrected chi connectivity index (χ0v) is 16.8. The largest absolute Gasteiger partial charge is 0.0654 e. The van der Waals surface area contributed by atoms with Crippen molar-refractivity contribution in [2.24, 2.45) is 23.7 Å². The Bertz CT molecular complexity index is 469. The van der Waals surface area contributed by atoms with Gasteiger partial charge in [0.05, 0.1) is 0 Å². The zero-order chi connectivity index (χ0) is 17.5. The summed E-state index contributed by atoms with van der Waals surface area (Å²) in [4.78, 5) is 0. The maximum atomic E-state index is 2.36. The molecule has 0 heterocycles. The maximum absolute atomic E-state index is 2.36. The topological polar surface area (TPSA) is 0 Å². The third kappa shape index (κ3) is 5.60. The first-order chi connectivity index (χ1) is 12.3. The van der Waals surface area contributed by atoms with Gasteiger partial charge in [-0.2, -0.15) is 0 Å². The minimum Gasteiger partial charge on any atom is -0.0654 e. The Morgan fingerprint density at radius 3 is 1.60 bits per heavy atom. The van der Waals surface area contributed by atoms with Crippen LogP contribution < -0.4 is 0 Å². The van der Waals surface area contributed by atoms with Gasteiger partial charge in [0.2, 0.25) is 0 Å².